The van der Waals surface area contributed by atoms with Crippen LogP contribution >= 0.6 is 0 Å². The van der Waals surface area contributed by atoms with E-state index < -0.39 is 0 Å². The number of anilines is 1. The third-order valence-corrected chi connectivity index (χ3v) is 3.39. The minimum Gasteiger partial charge on any atom is -0.352 e. The molecule has 0 fully saturated rings. The molecular formula is C16H21N3. The Balaban J connectivity index is 2.28. The summed E-state index contributed by atoms with van der Waals surface area (Å²) < 4.78 is 0. The molecule has 2 rings (SSSR count). The topological polar surface area (TPSA) is 42.2 Å². The lowest BCUT2D eigenvalue weighted by Gasteiger charge is -2.25. The van der Waals surface area contributed by atoms with Gasteiger partial charge in [-0.3, -0.25) is 0 Å². The first-order valence-corrected chi connectivity index (χ1v) is 6.69. The van der Waals surface area contributed by atoms with Gasteiger partial charge in [-0.1, -0.05) is 30.3 Å². The second-order valence-corrected chi connectivity index (χ2v) is 4.63. The number of aryl methyl sites for hydroxylation is 1. The molecule has 0 spiro atoms. The fraction of sp³-hybridized carbons (Fsp3) is 0.312. The van der Waals surface area contributed by atoms with Gasteiger partial charge in [0.1, 0.15) is 5.82 Å². The van der Waals surface area contributed by atoms with Crippen molar-refractivity contribution in [3.63, 3.8) is 0 Å². The predicted molar refractivity (Wildman–Crippen MR) is 80.0 cm³/mol. The SMILES string of the molecule is CCN(Cc1ccccc1C)c1ncccc1CN. The molecule has 0 radical (unpaired) electrons. The zero-order chi connectivity index (χ0) is 13.7. The average molecular weight is 255 g/mol. The molecular weight excluding hydrogens is 234 g/mol. The van der Waals surface area contributed by atoms with Gasteiger partial charge in [0.05, 0.1) is 0 Å². The first-order valence-electron chi connectivity index (χ1n) is 6.69. The molecule has 3 nitrogen and oxygen atoms in total. The number of pyridine rings is 1. The number of nitrogens with two attached hydrogens (primary N) is 1. The second-order valence-electron chi connectivity index (χ2n) is 4.63. The summed E-state index contributed by atoms with van der Waals surface area (Å²) in [6.45, 7) is 6.59. The van der Waals surface area contributed by atoms with Gasteiger partial charge in [0, 0.05) is 31.4 Å². The Morgan fingerprint density at radius 1 is 1.11 bits per heavy atom. The fourth-order valence-corrected chi connectivity index (χ4v) is 2.20. The molecule has 0 saturated heterocycles. The molecule has 19 heavy (non-hydrogen) atoms. The van der Waals surface area contributed by atoms with Gasteiger partial charge in [-0.05, 0) is 31.0 Å². The predicted octanol–water partition coefficient (Wildman–Crippen LogP) is 2.88. The van der Waals surface area contributed by atoms with E-state index in [1.54, 1.807) is 0 Å². The van der Waals surface area contributed by atoms with Gasteiger partial charge in [0.2, 0.25) is 0 Å². The molecule has 100 valence electrons. The van der Waals surface area contributed by atoms with E-state index in [2.05, 4.69) is 48.0 Å². The van der Waals surface area contributed by atoms with Crippen LogP contribution in [0.4, 0.5) is 5.82 Å². The quantitative estimate of drug-likeness (QED) is 0.893. The zero-order valence-electron chi connectivity index (χ0n) is 11.6. The number of aromatic nitrogens is 1. The lowest BCUT2D eigenvalue weighted by molar-refractivity contribution is 0.798. The molecule has 0 aliphatic rings. The molecule has 0 saturated carbocycles. The summed E-state index contributed by atoms with van der Waals surface area (Å²) in [7, 11) is 0. The maximum absolute atomic E-state index is 5.80. The summed E-state index contributed by atoms with van der Waals surface area (Å²) in [5.41, 5.74) is 9.54. The van der Waals surface area contributed by atoms with Gasteiger partial charge in [-0.15, -0.1) is 0 Å². The van der Waals surface area contributed by atoms with Crippen molar-refractivity contribution in [2.75, 3.05) is 11.4 Å². The third kappa shape index (κ3) is 3.12. The van der Waals surface area contributed by atoms with E-state index in [1.165, 1.54) is 11.1 Å². The van der Waals surface area contributed by atoms with Crippen molar-refractivity contribution in [2.45, 2.75) is 26.9 Å². The molecule has 0 aliphatic heterocycles. The largest absolute Gasteiger partial charge is 0.352 e. The number of hydrogen-bond acceptors (Lipinski definition) is 3. The van der Waals surface area contributed by atoms with Crippen LogP contribution < -0.4 is 10.6 Å². The first kappa shape index (κ1) is 13.6. The molecule has 0 atom stereocenters. The minimum absolute atomic E-state index is 0.521. The van der Waals surface area contributed by atoms with Crippen molar-refractivity contribution in [1.82, 2.24) is 4.98 Å². The van der Waals surface area contributed by atoms with Crippen LogP contribution in [0.25, 0.3) is 0 Å². The monoisotopic (exact) mass is 255 g/mol. The summed E-state index contributed by atoms with van der Waals surface area (Å²) >= 11 is 0. The molecule has 1 heterocycles. The van der Waals surface area contributed by atoms with Crippen molar-refractivity contribution in [1.29, 1.82) is 0 Å². The lowest BCUT2D eigenvalue weighted by atomic mass is 10.1. The molecule has 0 aliphatic carbocycles. The van der Waals surface area contributed by atoms with Crippen LogP contribution in [0.5, 0.6) is 0 Å². The van der Waals surface area contributed by atoms with E-state index in [4.69, 9.17) is 5.73 Å². The van der Waals surface area contributed by atoms with Gasteiger partial charge in [0.15, 0.2) is 0 Å². The number of nitrogens with zero attached hydrogens (tertiary/aromatic N) is 2. The van der Waals surface area contributed by atoms with Crippen LogP contribution in [-0.2, 0) is 13.1 Å². The van der Waals surface area contributed by atoms with Crippen LogP contribution in [0.1, 0.15) is 23.6 Å². The Labute approximate surface area is 115 Å². The van der Waals surface area contributed by atoms with E-state index in [0.717, 1.165) is 24.5 Å². The molecule has 1 aromatic carbocycles. The van der Waals surface area contributed by atoms with E-state index in [0.29, 0.717) is 6.54 Å². The molecule has 0 amide bonds. The maximum atomic E-state index is 5.80. The van der Waals surface area contributed by atoms with Gasteiger partial charge < -0.3 is 10.6 Å². The van der Waals surface area contributed by atoms with Crippen LogP contribution in [0, 0.1) is 6.92 Å². The molecule has 0 bridgehead atoms. The molecule has 1 aromatic heterocycles. The summed E-state index contributed by atoms with van der Waals surface area (Å²) in [5.74, 6) is 0.996. The first-order chi connectivity index (χ1) is 9.26. The van der Waals surface area contributed by atoms with Crippen molar-refractivity contribution in [3.05, 3.63) is 59.3 Å². The Bertz CT molecular complexity index is 537. The minimum atomic E-state index is 0.521. The highest BCUT2D eigenvalue weighted by molar-refractivity contribution is 5.47. The van der Waals surface area contributed by atoms with E-state index in [9.17, 15) is 0 Å². The van der Waals surface area contributed by atoms with Crippen molar-refractivity contribution in [3.8, 4) is 0 Å². The zero-order valence-corrected chi connectivity index (χ0v) is 11.6. The van der Waals surface area contributed by atoms with Crippen LogP contribution in [0.2, 0.25) is 0 Å². The molecule has 3 heteroatoms. The number of rotatable bonds is 5. The highest BCUT2D eigenvalue weighted by Crippen LogP contribution is 2.20. The molecule has 2 aromatic rings. The molecule has 2 N–H and O–H groups in total. The van der Waals surface area contributed by atoms with Gasteiger partial charge in [-0.2, -0.15) is 0 Å². The summed E-state index contributed by atoms with van der Waals surface area (Å²) in [4.78, 5) is 6.76. The van der Waals surface area contributed by atoms with Crippen LogP contribution in [-0.4, -0.2) is 11.5 Å². The van der Waals surface area contributed by atoms with Crippen LogP contribution in [0.15, 0.2) is 42.6 Å². The van der Waals surface area contributed by atoms with Crippen molar-refractivity contribution < 1.29 is 0 Å². The average Bonchev–Trinajstić information content (AvgIpc) is 2.46. The smallest absolute Gasteiger partial charge is 0.133 e. The summed E-state index contributed by atoms with van der Waals surface area (Å²) in [5, 5.41) is 0. The lowest BCUT2D eigenvalue weighted by Crippen LogP contribution is -2.25. The van der Waals surface area contributed by atoms with Gasteiger partial charge >= 0.3 is 0 Å². The third-order valence-electron chi connectivity index (χ3n) is 3.39. The van der Waals surface area contributed by atoms with Gasteiger partial charge in [-0.25, -0.2) is 4.98 Å². The van der Waals surface area contributed by atoms with E-state index in [1.807, 2.05) is 18.3 Å². The maximum Gasteiger partial charge on any atom is 0.133 e. The Kier molecular flexibility index (Phi) is 4.53. The highest BCUT2D eigenvalue weighted by Gasteiger charge is 2.11. The number of hydrogen-bond donors (Lipinski definition) is 1. The Morgan fingerprint density at radius 3 is 2.53 bits per heavy atom. The summed E-state index contributed by atoms with van der Waals surface area (Å²) in [6, 6.07) is 12.4. The standard InChI is InChI=1S/C16H21N3/c1-3-19(12-15-8-5-4-7-13(15)2)16-14(11-17)9-6-10-18-16/h4-10H,3,11-12,17H2,1-2H3. The Morgan fingerprint density at radius 2 is 1.84 bits per heavy atom. The van der Waals surface area contributed by atoms with E-state index in [-0.39, 0.29) is 0 Å². The molecule has 0 unspecified atom stereocenters. The van der Waals surface area contributed by atoms with E-state index >= 15 is 0 Å². The number of benzene rings is 1. The highest BCUT2D eigenvalue weighted by atomic mass is 15.2. The second kappa shape index (κ2) is 6.34. The van der Waals surface area contributed by atoms with Gasteiger partial charge in [0.25, 0.3) is 0 Å². The normalized spacial score (nSPS) is 10.5. The Hall–Kier alpha value is -1.87. The van der Waals surface area contributed by atoms with Crippen LogP contribution in [0.3, 0.4) is 0 Å². The summed E-state index contributed by atoms with van der Waals surface area (Å²) in [6.07, 6.45) is 1.83. The fourth-order valence-electron chi connectivity index (χ4n) is 2.20. The van der Waals surface area contributed by atoms with Crippen molar-refractivity contribution >= 4 is 5.82 Å². The van der Waals surface area contributed by atoms with Crippen molar-refractivity contribution in [2.24, 2.45) is 5.73 Å².